The van der Waals surface area contributed by atoms with E-state index in [1.807, 2.05) is 0 Å². The van der Waals surface area contributed by atoms with E-state index in [1.54, 1.807) is 12.1 Å². The lowest BCUT2D eigenvalue weighted by Crippen LogP contribution is -2.49. The number of rotatable bonds is 4. The maximum absolute atomic E-state index is 12.1. The fourth-order valence-electron chi connectivity index (χ4n) is 2.22. The predicted octanol–water partition coefficient (Wildman–Crippen LogP) is 1.81. The molecule has 0 radical (unpaired) electrons. The quantitative estimate of drug-likeness (QED) is 0.725. The molecule has 1 unspecified atom stereocenters. The van der Waals surface area contributed by atoms with Crippen LogP contribution in [0.4, 0.5) is 10.5 Å². The van der Waals surface area contributed by atoms with Crippen LogP contribution >= 0.6 is 23.2 Å². The zero-order chi connectivity index (χ0) is 17.9. The highest BCUT2D eigenvalue weighted by molar-refractivity contribution is 7.91. The Balaban J connectivity index is 1.84. The molecule has 0 bridgehead atoms. The summed E-state index contributed by atoms with van der Waals surface area (Å²) in [5, 5.41) is 8.29. The molecule has 2 atom stereocenters. The lowest BCUT2D eigenvalue weighted by atomic mass is 10.2. The van der Waals surface area contributed by atoms with Gasteiger partial charge in [-0.3, -0.25) is 4.79 Å². The Bertz CT molecular complexity index is 754. The second kappa shape index (κ2) is 7.58. The monoisotopic (exact) mass is 393 g/mol. The van der Waals surface area contributed by atoms with E-state index in [0.29, 0.717) is 22.2 Å². The van der Waals surface area contributed by atoms with Crippen molar-refractivity contribution in [1.82, 2.24) is 10.6 Å². The minimum Gasteiger partial charge on any atom is -0.334 e. The van der Waals surface area contributed by atoms with Crippen molar-refractivity contribution < 1.29 is 18.0 Å². The van der Waals surface area contributed by atoms with E-state index in [2.05, 4.69) is 16.0 Å². The Morgan fingerprint density at radius 1 is 1.25 bits per heavy atom. The summed E-state index contributed by atoms with van der Waals surface area (Å²) in [4.78, 5) is 23.9. The van der Waals surface area contributed by atoms with Crippen molar-refractivity contribution >= 4 is 50.7 Å². The van der Waals surface area contributed by atoms with Gasteiger partial charge in [0.2, 0.25) is 5.91 Å². The maximum atomic E-state index is 12.1. The molecule has 3 N–H and O–H groups in total. The molecule has 132 valence electrons. The largest absolute Gasteiger partial charge is 0.334 e. The van der Waals surface area contributed by atoms with Crippen LogP contribution in [0, 0.1) is 0 Å². The summed E-state index contributed by atoms with van der Waals surface area (Å²) < 4.78 is 22.7. The Labute approximate surface area is 150 Å². The molecule has 1 saturated heterocycles. The molecule has 1 fully saturated rings. The number of amides is 3. The number of anilines is 1. The highest BCUT2D eigenvalue weighted by Crippen LogP contribution is 2.25. The minimum atomic E-state index is -3.08. The molecule has 7 nitrogen and oxygen atoms in total. The van der Waals surface area contributed by atoms with Gasteiger partial charge in [0.15, 0.2) is 9.84 Å². The Kier molecular flexibility index (Phi) is 5.95. The van der Waals surface area contributed by atoms with Crippen molar-refractivity contribution in [2.75, 3.05) is 16.8 Å². The van der Waals surface area contributed by atoms with Crippen molar-refractivity contribution in [3.63, 3.8) is 0 Å². The Hall–Kier alpha value is -1.51. The molecule has 0 aliphatic carbocycles. The van der Waals surface area contributed by atoms with Gasteiger partial charge in [-0.15, -0.1) is 0 Å². The van der Waals surface area contributed by atoms with Gasteiger partial charge in [-0.05, 0) is 31.5 Å². The van der Waals surface area contributed by atoms with E-state index in [0.717, 1.165) is 0 Å². The molecule has 24 heavy (non-hydrogen) atoms. The molecular formula is C14H17Cl2N3O4S. The lowest BCUT2D eigenvalue weighted by molar-refractivity contribution is -0.117. The first-order valence-electron chi connectivity index (χ1n) is 7.19. The Morgan fingerprint density at radius 2 is 1.96 bits per heavy atom. The van der Waals surface area contributed by atoms with E-state index in [9.17, 15) is 18.0 Å². The van der Waals surface area contributed by atoms with Crippen molar-refractivity contribution in [3.05, 3.63) is 28.2 Å². The van der Waals surface area contributed by atoms with Crippen LogP contribution in [0.15, 0.2) is 18.2 Å². The average Bonchev–Trinajstić information content (AvgIpc) is 2.81. The molecule has 1 aliphatic heterocycles. The molecule has 1 aromatic carbocycles. The molecule has 1 aliphatic rings. The number of carbonyl (C=O) groups excluding carboxylic acids is 2. The molecule has 0 saturated carbocycles. The zero-order valence-corrected chi connectivity index (χ0v) is 15.1. The third kappa shape index (κ3) is 5.25. The van der Waals surface area contributed by atoms with Crippen LogP contribution in [0.5, 0.6) is 0 Å². The molecule has 1 heterocycles. The van der Waals surface area contributed by atoms with Gasteiger partial charge in [-0.2, -0.15) is 0 Å². The van der Waals surface area contributed by atoms with Crippen LogP contribution in [0.25, 0.3) is 0 Å². The smallest absolute Gasteiger partial charge is 0.315 e. The number of hydrogen-bond acceptors (Lipinski definition) is 4. The topological polar surface area (TPSA) is 104 Å². The first-order chi connectivity index (χ1) is 11.2. The first kappa shape index (κ1) is 18.8. The predicted molar refractivity (Wildman–Crippen MR) is 93.3 cm³/mol. The first-order valence-corrected chi connectivity index (χ1v) is 9.77. The van der Waals surface area contributed by atoms with Crippen molar-refractivity contribution in [2.45, 2.75) is 25.4 Å². The second-order valence-electron chi connectivity index (χ2n) is 5.56. The number of hydrogen-bond donors (Lipinski definition) is 3. The summed E-state index contributed by atoms with van der Waals surface area (Å²) in [6, 6.07) is 2.79. The molecule has 1 aromatic rings. The summed E-state index contributed by atoms with van der Waals surface area (Å²) in [7, 11) is -3.08. The summed E-state index contributed by atoms with van der Waals surface area (Å²) in [6.07, 6.45) is 0.375. The number of nitrogens with one attached hydrogen (secondary N) is 3. The van der Waals surface area contributed by atoms with Crippen LogP contribution < -0.4 is 16.0 Å². The highest BCUT2D eigenvalue weighted by atomic mass is 35.5. The van der Waals surface area contributed by atoms with E-state index in [4.69, 9.17) is 23.2 Å². The van der Waals surface area contributed by atoms with Gasteiger partial charge in [0, 0.05) is 11.7 Å². The summed E-state index contributed by atoms with van der Waals surface area (Å²) >= 11 is 11.7. The molecule has 0 spiro atoms. The van der Waals surface area contributed by atoms with Gasteiger partial charge >= 0.3 is 6.03 Å². The van der Waals surface area contributed by atoms with Gasteiger partial charge in [0.05, 0.1) is 21.6 Å². The van der Waals surface area contributed by atoms with Crippen molar-refractivity contribution in [2.24, 2.45) is 0 Å². The minimum absolute atomic E-state index is 0.0608. The van der Waals surface area contributed by atoms with Crippen LogP contribution in [0.1, 0.15) is 13.3 Å². The van der Waals surface area contributed by atoms with Gasteiger partial charge in [-0.25, -0.2) is 13.2 Å². The van der Waals surface area contributed by atoms with Crippen molar-refractivity contribution in [3.8, 4) is 0 Å². The van der Waals surface area contributed by atoms with Gasteiger partial charge in [-0.1, -0.05) is 23.2 Å². The van der Waals surface area contributed by atoms with Crippen LogP contribution in [-0.4, -0.2) is 43.9 Å². The molecule has 10 heteroatoms. The van der Waals surface area contributed by atoms with E-state index < -0.39 is 33.9 Å². The Morgan fingerprint density at radius 3 is 2.54 bits per heavy atom. The van der Waals surface area contributed by atoms with E-state index >= 15 is 0 Å². The third-order valence-corrected chi connectivity index (χ3v) is 6.00. The lowest BCUT2D eigenvalue weighted by Gasteiger charge is -2.17. The number of urea groups is 1. The van der Waals surface area contributed by atoms with Crippen LogP contribution in [-0.2, 0) is 14.6 Å². The maximum Gasteiger partial charge on any atom is 0.315 e. The number of benzene rings is 1. The number of carbonyl (C=O) groups is 2. The van der Waals surface area contributed by atoms with Gasteiger partial charge in [0.25, 0.3) is 0 Å². The average molecular weight is 394 g/mol. The second-order valence-corrected chi connectivity index (χ2v) is 8.60. The van der Waals surface area contributed by atoms with E-state index in [-0.39, 0.29) is 11.5 Å². The van der Waals surface area contributed by atoms with E-state index in [1.165, 1.54) is 13.0 Å². The standard InChI is InChI=1S/C14H17Cl2N3O4S/c1-8(13(20)18-9-2-3-11(15)12(16)6-9)17-14(21)19-10-4-5-24(22,23)7-10/h2-3,6,8,10H,4-5,7H2,1H3,(H,18,20)(H2,17,19,21)/t8-,10?/m1/s1. The normalized spacial score (nSPS) is 20.2. The van der Waals surface area contributed by atoms with Crippen molar-refractivity contribution in [1.29, 1.82) is 0 Å². The third-order valence-electron chi connectivity index (χ3n) is 3.50. The number of halogens is 2. The summed E-state index contributed by atoms with van der Waals surface area (Å²) in [6.45, 7) is 1.51. The van der Waals surface area contributed by atoms with Gasteiger partial charge < -0.3 is 16.0 Å². The SMILES string of the molecule is C[C@@H](NC(=O)NC1CCS(=O)(=O)C1)C(=O)Nc1ccc(Cl)c(Cl)c1. The van der Waals surface area contributed by atoms with Crippen LogP contribution in [0.2, 0.25) is 10.0 Å². The molecule has 0 aromatic heterocycles. The number of sulfone groups is 1. The van der Waals surface area contributed by atoms with Crippen LogP contribution in [0.3, 0.4) is 0 Å². The zero-order valence-electron chi connectivity index (χ0n) is 12.8. The summed E-state index contributed by atoms with van der Waals surface area (Å²) in [5.74, 6) is -0.460. The highest BCUT2D eigenvalue weighted by Gasteiger charge is 2.29. The summed E-state index contributed by atoms with van der Waals surface area (Å²) in [5.41, 5.74) is 0.449. The molecule has 3 amide bonds. The molecular weight excluding hydrogens is 377 g/mol. The molecule has 2 rings (SSSR count). The fourth-order valence-corrected chi connectivity index (χ4v) is 4.19. The van der Waals surface area contributed by atoms with Gasteiger partial charge in [0.1, 0.15) is 6.04 Å². The fraction of sp³-hybridized carbons (Fsp3) is 0.429.